The van der Waals surface area contributed by atoms with E-state index in [2.05, 4.69) is 15.9 Å². The van der Waals surface area contributed by atoms with Gasteiger partial charge in [0.05, 0.1) is 0 Å². The molecule has 0 spiro atoms. The Morgan fingerprint density at radius 3 is 2.42 bits per heavy atom. The Kier molecular flexibility index (Phi) is 4.83. The first kappa shape index (κ1) is 14.4. The normalized spacial score (nSPS) is 10.5. The molecule has 0 N–H and O–H groups in total. The lowest BCUT2D eigenvalue weighted by atomic mass is 10.1. The topological polar surface area (TPSA) is 3.24 Å². The molecule has 0 aliphatic rings. The molecule has 0 amide bonds. The lowest BCUT2D eigenvalue weighted by molar-refractivity contribution is 0.625. The maximum atomic E-state index is 13.5. The Balaban J connectivity index is 2.17. The summed E-state index contributed by atoms with van der Waals surface area (Å²) in [5.41, 5.74) is 2.79. The van der Waals surface area contributed by atoms with E-state index in [0.29, 0.717) is 5.88 Å². The highest BCUT2D eigenvalue weighted by Crippen LogP contribution is 2.21. The van der Waals surface area contributed by atoms with Crippen LogP contribution < -0.4 is 4.90 Å². The number of alkyl halides is 1. The Hall–Kier alpha value is -1.06. The van der Waals surface area contributed by atoms with Gasteiger partial charge in [-0.15, -0.1) is 11.6 Å². The Labute approximate surface area is 126 Å². The Morgan fingerprint density at radius 1 is 1.11 bits per heavy atom. The zero-order valence-corrected chi connectivity index (χ0v) is 12.9. The van der Waals surface area contributed by atoms with Crippen molar-refractivity contribution in [3.63, 3.8) is 0 Å². The van der Waals surface area contributed by atoms with E-state index in [1.165, 1.54) is 17.7 Å². The van der Waals surface area contributed by atoms with Gasteiger partial charge < -0.3 is 4.90 Å². The Morgan fingerprint density at radius 2 is 1.79 bits per heavy atom. The molecule has 0 atom stereocenters. The van der Waals surface area contributed by atoms with Crippen molar-refractivity contribution in [2.24, 2.45) is 0 Å². The van der Waals surface area contributed by atoms with E-state index < -0.39 is 0 Å². The van der Waals surface area contributed by atoms with Gasteiger partial charge in [0.2, 0.25) is 0 Å². The molecule has 19 heavy (non-hydrogen) atoms. The summed E-state index contributed by atoms with van der Waals surface area (Å²) in [6.45, 7) is 0.721. The predicted molar refractivity (Wildman–Crippen MR) is 82.2 cm³/mol. The molecule has 0 saturated heterocycles. The van der Waals surface area contributed by atoms with E-state index in [0.717, 1.165) is 22.3 Å². The van der Waals surface area contributed by atoms with Crippen LogP contribution in [0.4, 0.5) is 10.1 Å². The van der Waals surface area contributed by atoms with Gasteiger partial charge in [0.15, 0.2) is 0 Å². The lowest BCUT2D eigenvalue weighted by Crippen LogP contribution is -2.16. The monoisotopic (exact) mass is 341 g/mol. The lowest BCUT2D eigenvalue weighted by Gasteiger charge is -2.20. The highest BCUT2D eigenvalue weighted by Gasteiger charge is 2.06. The average molecular weight is 343 g/mol. The molecule has 0 fully saturated rings. The van der Waals surface area contributed by atoms with Gasteiger partial charge in [-0.05, 0) is 41.5 Å². The van der Waals surface area contributed by atoms with Crippen molar-refractivity contribution in [1.29, 1.82) is 0 Å². The molecule has 0 bridgehead atoms. The second-order valence-electron chi connectivity index (χ2n) is 4.43. The standard InChI is InChI=1S/C15H14BrClFN/c1-19(10-11-2-4-13(16)5-3-11)15-7-12(9-17)6-14(18)8-15/h2-8H,9-10H2,1H3. The molecule has 2 rings (SSSR count). The van der Waals surface area contributed by atoms with Crippen molar-refractivity contribution in [3.8, 4) is 0 Å². The molecule has 0 unspecified atom stereocenters. The quantitative estimate of drug-likeness (QED) is 0.710. The zero-order chi connectivity index (χ0) is 13.8. The van der Waals surface area contributed by atoms with Gasteiger partial charge in [-0.3, -0.25) is 0 Å². The van der Waals surface area contributed by atoms with E-state index >= 15 is 0 Å². The van der Waals surface area contributed by atoms with E-state index in [-0.39, 0.29) is 5.82 Å². The molecule has 0 heterocycles. The van der Waals surface area contributed by atoms with Gasteiger partial charge in [0, 0.05) is 29.6 Å². The third kappa shape index (κ3) is 3.95. The van der Waals surface area contributed by atoms with Crippen LogP contribution in [-0.2, 0) is 12.4 Å². The summed E-state index contributed by atoms with van der Waals surface area (Å²) in [5.74, 6) is 0.0625. The largest absolute Gasteiger partial charge is 0.370 e. The van der Waals surface area contributed by atoms with Gasteiger partial charge in [-0.1, -0.05) is 28.1 Å². The number of benzene rings is 2. The van der Waals surface area contributed by atoms with Crippen molar-refractivity contribution in [2.75, 3.05) is 11.9 Å². The van der Waals surface area contributed by atoms with Crippen molar-refractivity contribution in [2.45, 2.75) is 12.4 Å². The minimum absolute atomic E-state index is 0.254. The maximum absolute atomic E-state index is 13.5. The second kappa shape index (κ2) is 6.40. The second-order valence-corrected chi connectivity index (χ2v) is 5.62. The number of rotatable bonds is 4. The third-order valence-electron chi connectivity index (χ3n) is 2.87. The summed E-state index contributed by atoms with van der Waals surface area (Å²) in [4.78, 5) is 2.00. The smallest absolute Gasteiger partial charge is 0.125 e. The van der Waals surface area contributed by atoms with Crippen LogP contribution in [0.3, 0.4) is 0 Å². The Bertz CT molecular complexity index is 557. The fourth-order valence-corrected chi connectivity index (χ4v) is 2.30. The molecule has 100 valence electrons. The molecule has 0 aliphatic heterocycles. The highest BCUT2D eigenvalue weighted by molar-refractivity contribution is 9.10. The fraction of sp³-hybridized carbons (Fsp3) is 0.200. The van der Waals surface area contributed by atoms with Crippen LogP contribution in [0.1, 0.15) is 11.1 Å². The van der Waals surface area contributed by atoms with Gasteiger partial charge >= 0.3 is 0 Å². The molecule has 0 saturated carbocycles. The van der Waals surface area contributed by atoms with E-state index in [4.69, 9.17) is 11.6 Å². The van der Waals surface area contributed by atoms with Gasteiger partial charge in [0.1, 0.15) is 5.82 Å². The first-order valence-corrected chi connectivity index (χ1v) is 7.22. The highest BCUT2D eigenvalue weighted by atomic mass is 79.9. The minimum atomic E-state index is -0.254. The third-order valence-corrected chi connectivity index (χ3v) is 3.71. The maximum Gasteiger partial charge on any atom is 0.125 e. The molecular weight excluding hydrogens is 329 g/mol. The van der Waals surface area contributed by atoms with Crippen molar-refractivity contribution in [1.82, 2.24) is 0 Å². The van der Waals surface area contributed by atoms with Crippen LogP contribution in [0.15, 0.2) is 46.9 Å². The summed E-state index contributed by atoms with van der Waals surface area (Å²) in [5, 5.41) is 0. The molecule has 4 heteroatoms. The van der Waals surface area contributed by atoms with E-state index in [1.54, 1.807) is 0 Å². The van der Waals surface area contributed by atoms with Crippen molar-refractivity contribution < 1.29 is 4.39 Å². The van der Waals surface area contributed by atoms with Gasteiger partial charge in [-0.25, -0.2) is 4.39 Å². The van der Waals surface area contributed by atoms with Crippen LogP contribution >= 0.6 is 27.5 Å². The summed E-state index contributed by atoms with van der Waals surface area (Å²) in [7, 11) is 1.94. The van der Waals surface area contributed by atoms with Crippen LogP contribution in [0.5, 0.6) is 0 Å². The SMILES string of the molecule is CN(Cc1ccc(Br)cc1)c1cc(F)cc(CCl)c1. The number of anilines is 1. The predicted octanol–water partition coefficient (Wildman–Crippen LogP) is 4.96. The summed E-state index contributed by atoms with van der Waals surface area (Å²) in [6, 6.07) is 13.0. The van der Waals surface area contributed by atoms with Gasteiger partial charge in [0.25, 0.3) is 0 Å². The van der Waals surface area contributed by atoms with E-state index in [9.17, 15) is 4.39 Å². The van der Waals surface area contributed by atoms with Crippen LogP contribution in [0.2, 0.25) is 0 Å². The number of hydrogen-bond donors (Lipinski definition) is 0. The van der Waals surface area contributed by atoms with Crippen LogP contribution in [0, 0.1) is 5.82 Å². The summed E-state index contributed by atoms with van der Waals surface area (Å²) < 4.78 is 14.5. The molecular formula is C15H14BrClFN. The molecule has 2 aromatic carbocycles. The average Bonchev–Trinajstić information content (AvgIpc) is 2.40. The van der Waals surface area contributed by atoms with Crippen LogP contribution in [0.25, 0.3) is 0 Å². The van der Waals surface area contributed by atoms with Crippen molar-refractivity contribution in [3.05, 3.63) is 63.9 Å². The molecule has 0 aromatic heterocycles. The number of nitrogens with zero attached hydrogens (tertiary/aromatic N) is 1. The number of halogens is 3. The summed E-state index contributed by atoms with van der Waals surface area (Å²) in [6.07, 6.45) is 0. The van der Waals surface area contributed by atoms with Gasteiger partial charge in [-0.2, -0.15) is 0 Å². The molecule has 1 nitrogen and oxygen atoms in total. The zero-order valence-electron chi connectivity index (χ0n) is 10.5. The first-order chi connectivity index (χ1) is 9.08. The fourth-order valence-electron chi connectivity index (χ4n) is 1.89. The molecule has 0 radical (unpaired) electrons. The molecule has 0 aliphatic carbocycles. The van der Waals surface area contributed by atoms with Crippen LogP contribution in [-0.4, -0.2) is 7.05 Å². The summed E-state index contributed by atoms with van der Waals surface area (Å²) >= 11 is 9.17. The minimum Gasteiger partial charge on any atom is -0.370 e. The number of hydrogen-bond acceptors (Lipinski definition) is 1. The first-order valence-electron chi connectivity index (χ1n) is 5.89. The molecule has 2 aromatic rings. The van der Waals surface area contributed by atoms with E-state index in [1.807, 2.05) is 42.3 Å². The van der Waals surface area contributed by atoms with Crippen molar-refractivity contribution >= 4 is 33.2 Å².